The van der Waals surface area contributed by atoms with Crippen LogP contribution >= 0.6 is 0 Å². The summed E-state index contributed by atoms with van der Waals surface area (Å²) in [4.78, 5) is 8.92. The molecule has 0 amide bonds. The molecule has 0 aromatic carbocycles. The molecule has 3 aromatic rings. The van der Waals surface area contributed by atoms with Gasteiger partial charge in [0.15, 0.2) is 15.5 Å². The molecular weight excluding hydrogens is 302 g/mol. The average molecular weight is 317 g/mol. The maximum Gasteiger partial charge on any atom is 0.160 e. The number of rotatable bonds is 3. The van der Waals surface area contributed by atoms with Crippen molar-refractivity contribution < 1.29 is 12.8 Å². The van der Waals surface area contributed by atoms with Crippen LogP contribution in [-0.4, -0.2) is 28.7 Å². The van der Waals surface area contributed by atoms with Crippen molar-refractivity contribution in [2.75, 3.05) is 5.75 Å². The van der Waals surface area contributed by atoms with Gasteiger partial charge in [0.2, 0.25) is 0 Å². The Bertz CT molecular complexity index is 913. The van der Waals surface area contributed by atoms with E-state index in [1.807, 2.05) is 22.8 Å². The smallest absolute Gasteiger partial charge is 0.160 e. The molecule has 0 radical (unpaired) electrons. The number of imidazole rings is 1. The van der Waals surface area contributed by atoms with Gasteiger partial charge in [-0.1, -0.05) is 0 Å². The molecule has 3 aromatic heterocycles. The molecule has 0 saturated carbocycles. The standard InChI is InChI=1S/C15H15N3O3S/c19-22(20)9-3-6-13(22)15-17-12-5-1-7-16-14(12)18(15)10-11-4-2-8-21-11/h1-2,4-5,7-8,13H,3,6,9-10H2. The van der Waals surface area contributed by atoms with E-state index >= 15 is 0 Å². The molecule has 4 rings (SSSR count). The molecule has 1 atom stereocenters. The van der Waals surface area contributed by atoms with Crippen molar-refractivity contribution in [1.29, 1.82) is 0 Å². The average Bonchev–Trinajstić information content (AvgIpc) is 3.19. The first-order valence-corrected chi connectivity index (χ1v) is 8.92. The van der Waals surface area contributed by atoms with Crippen LogP contribution in [0.3, 0.4) is 0 Å². The maximum atomic E-state index is 12.3. The van der Waals surface area contributed by atoms with Gasteiger partial charge in [-0.15, -0.1) is 0 Å². The van der Waals surface area contributed by atoms with Gasteiger partial charge in [0, 0.05) is 6.20 Å². The van der Waals surface area contributed by atoms with Gasteiger partial charge in [0.05, 0.1) is 18.6 Å². The minimum absolute atomic E-state index is 0.231. The minimum Gasteiger partial charge on any atom is -0.467 e. The van der Waals surface area contributed by atoms with Crippen LogP contribution in [0.25, 0.3) is 11.2 Å². The van der Waals surface area contributed by atoms with Crippen LogP contribution in [0.5, 0.6) is 0 Å². The number of sulfone groups is 1. The fourth-order valence-electron chi connectivity index (χ4n) is 3.02. The van der Waals surface area contributed by atoms with Gasteiger partial charge in [-0.25, -0.2) is 18.4 Å². The lowest BCUT2D eigenvalue weighted by Gasteiger charge is -2.12. The fourth-order valence-corrected chi connectivity index (χ4v) is 4.90. The Kier molecular flexibility index (Phi) is 3.04. The van der Waals surface area contributed by atoms with Gasteiger partial charge >= 0.3 is 0 Å². The van der Waals surface area contributed by atoms with Gasteiger partial charge in [-0.2, -0.15) is 0 Å². The van der Waals surface area contributed by atoms with Crippen LogP contribution in [0.1, 0.15) is 29.7 Å². The third-order valence-corrected chi connectivity index (χ3v) is 6.22. The van der Waals surface area contributed by atoms with Crippen LogP contribution in [0.15, 0.2) is 41.1 Å². The van der Waals surface area contributed by atoms with Crippen LogP contribution in [-0.2, 0) is 16.4 Å². The van der Waals surface area contributed by atoms with E-state index in [-0.39, 0.29) is 5.75 Å². The molecule has 0 N–H and O–H groups in total. The Morgan fingerprint density at radius 2 is 2.23 bits per heavy atom. The van der Waals surface area contributed by atoms with Gasteiger partial charge in [0.1, 0.15) is 22.4 Å². The number of hydrogen-bond donors (Lipinski definition) is 0. The van der Waals surface area contributed by atoms with Crippen molar-refractivity contribution in [2.24, 2.45) is 0 Å². The molecule has 1 aliphatic heterocycles. The Hall–Kier alpha value is -2.15. The Balaban J connectivity index is 1.90. The second-order valence-electron chi connectivity index (χ2n) is 5.48. The number of nitrogens with zero attached hydrogens (tertiary/aromatic N) is 3. The van der Waals surface area contributed by atoms with Crippen molar-refractivity contribution in [3.63, 3.8) is 0 Å². The van der Waals surface area contributed by atoms with Crippen LogP contribution in [0.2, 0.25) is 0 Å². The molecule has 7 heteroatoms. The summed E-state index contributed by atoms with van der Waals surface area (Å²) in [5.41, 5.74) is 1.40. The molecule has 0 spiro atoms. The van der Waals surface area contributed by atoms with E-state index in [2.05, 4.69) is 9.97 Å². The third kappa shape index (κ3) is 2.12. The Labute approximate surface area is 127 Å². The van der Waals surface area contributed by atoms with Gasteiger partial charge < -0.3 is 8.98 Å². The number of hydrogen-bond acceptors (Lipinski definition) is 5. The van der Waals surface area contributed by atoms with Crippen molar-refractivity contribution in [2.45, 2.75) is 24.6 Å². The fraction of sp³-hybridized carbons (Fsp3) is 0.333. The summed E-state index contributed by atoms with van der Waals surface area (Å²) in [5, 5.41) is -0.545. The molecule has 1 fully saturated rings. The molecular formula is C15H15N3O3S. The summed E-state index contributed by atoms with van der Waals surface area (Å²) in [6, 6.07) is 7.33. The highest BCUT2D eigenvalue weighted by atomic mass is 32.2. The molecule has 0 bridgehead atoms. The lowest BCUT2D eigenvalue weighted by atomic mass is 10.2. The molecule has 1 unspecified atom stereocenters. The van der Waals surface area contributed by atoms with Crippen molar-refractivity contribution >= 4 is 21.0 Å². The molecule has 4 heterocycles. The number of aromatic nitrogens is 3. The normalized spacial score (nSPS) is 20.6. The second-order valence-corrected chi connectivity index (χ2v) is 7.78. The highest BCUT2D eigenvalue weighted by Crippen LogP contribution is 2.35. The highest BCUT2D eigenvalue weighted by molar-refractivity contribution is 7.91. The minimum atomic E-state index is -3.13. The predicted octanol–water partition coefficient (Wildman–Crippen LogP) is 2.32. The van der Waals surface area contributed by atoms with E-state index in [0.717, 1.165) is 5.76 Å². The zero-order valence-electron chi connectivity index (χ0n) is 11.8. The first-order valence-electron chi connectivity index (χ1n) is 7.20. The molecule has 1 aliphatic rings. The van der Waals surface area contributed by atoms with Crippen molar-refractivity contribution in [1.82, 2.24) is 14.5 Å². The summed E-state index contributed by atoms with van der Waals surface area (Å²) < 4.78 is 31.9. The van der Waals surface area contributed by atoms with Gasteiger partial charge in [-0.3, -0.25) is 0 Å². The zero-order chi connectivity index (χ0) is 15.2. The summed E-state index contributed by atoms with van der Waals surface area (Å²) in [7, 11) is -3.13. The third-order valence-electron chi connectivity index (χ3n) is 4.04. The van der Waals surface area contributed by atoms with Crippen molar-refractivity contribution in [3.05, 3.63) is 48.3 Å². The molecule has 6 nitrogen and oxygen atoms in total. The number of fused-ring (bicyclic) bond motifs is 1. The first kappa shape index (κ1) is 13.5. The van der Waals surface area contributed by atoms with Crippen molar-refractivity contribution in [3.8, 4) is 0 Å². The predicted molar refractivity (Wildman–Crippen MR) is 81.1 cm³/mol. The van der Waals surface area contributed by atoms with Crippen LogP contribution < -0.4 is 0 Å². The van der Waals surface area contributed by atoms with Crippen LogP contribution in [0, 0.1) is 0 Å². The Morgan fingerprint density at radius 3 is 2.95 bits per heavy atom. The van der Waals surface area contributed by atoms with E-state index < -0.39 is 15.1 Å². The molecule has 1 saturated heterocycles. The quantitative estimate of drug-likeness (QED) is 0.741. The summed E-state index contributed by atoms with van der Waals surface area (Å²) >= 11 is 0. The topological polar surface area (TPSA) is 78.0 Å². The van der Waals surface area contributed by atoms with Crippen LogP contribution in [0.4, 0.5) is 0 Å². The maximum absolute atomic E-state index is 12.3. The monoisotopic (exact) mass is 317 g/mol. The number of pyridine rings is 1. The van der Waals surface area contributed by atoms with Gasteiger partial charge in [0.25, 0.3) is 0 Å². The number of furan rings is 1. The summed E-state index contributed by atoms with van der Waals surface area (Å²) in [6.45, 7) is 0.432. The van der Waals surface area contributed by atoms with E-state index in [4.69, 9.17) is 4.42 Å². The Morgan fingerprint density at radius 1 is 1.32 bits per heavy atom. The SMILES string of the molecule is O=S1(=O)CCCC1c1nc2cccnc2n1Cc1ccco1. The zero-order valence-corrected chi connectivity index (χ0v) is 12.7. The lowest BCUT2D eigenvalue weighted by molar-refractivity contribution is 0.489. The van der Waals surface area contributed by atoms with E-state index in [1.54, 1.807) is 18.5 Å². The van der Waals surface area contributed by atoms with Gasteiger partial charge in [-0.05, 0) is 37.1 Å². The molecule has 22 heavy (non-hydrogen) atoms. The highest BCUT2D eigenvalue weighted by Gasteiger charge is 2.36. The summed E-state index contributed by atoms with van der Waals surface area (Å²) in [6.07, 6.45) is 4.59. The summed E-state index contributed by atoms with van der Waals surface area (Å²) in [5.74, 6) is 1.55. The largest absolute Gasteiger partial charge is 0.467 e. The molecule has 0 aliphatic carbocycles. The van der Waals surface area contributed by atoms with E-state index in [9.17, 15) is 8.42 Å². The lowest BCUT2D eigenvalue weighted by Crippen LogP contribution is -2.15. The van der Waals surface area contributed by atoms with E-state index in [1.165, 1.54) is 0 Å². The first-order chi connectivity index (χ1) is 10.6. The second kappa shape index (κ2) is 4.95. The molecule has 114 valence electrons. The van der Waals surface area contributed by atoms with E-state index in [0.29, 0.717) is 36.4 Å².